The van der Waals surface area contributed by atoms with Gasteiger partial charge in [0.25, 0.3) is 15.9 Å². The Labute approximate surface area is 204 Å². The largest absolute Gasteiger partial charge is 0.497 e. The summed E-state index contributed by atoms with van der Waals surface area (Å²) in [5, 5.41) is 2.74. The van der Waals surface area contributed by atoms with E-state index in [4.69, 9.17) is 14.2 Å². The molecular formula is C25H26N2O7S. The molecule has 9 nitrogen and oxygen atoms in total. The molecule has 1 unspecified atom stereocenters. The number of ether oxygens (including phenoxy) is 3. The van der Waals surface area contributed by atoms with Gasteiger partial charge in [-0.25, -0.2) is 13.2 Å². The van der Waals surface area contributed by atoms with Gasteiger partial charge in [-0.15, -0.1) is 0 Å². The maximum atomic E-state index is 12.7. The molecule has 1 amide bonds. The first-order valence-corrected chi connectivity index (χ1v) is 12.1. The Hall–Kier alpha value is -4.05. The molecule has 0 saturated heterocycles. The summed E-state index contributed by atoms with van der Waals surface area (Å²) in [5.74, 6) is -0.133. The Balaban J connectivity index is 1.61. The van der Waals surface area contributed by atoms with Gasteiger partial charge in [-0.1, -0.05) is 24.3 Å². The number of carbonyl (C=O) groups excluding carboxylic acids is 2. The Morgan fingerprint density at radius 2 is 1.63 bits per heavy atom. The van der Waals surface area contributed by atoms with E-state index >= 15 is 0 Å². The number of carbonyl (C=O) groups is 2. The second-order valence-electron chi connectivity index (χ2n) is 7.47. The monoisotopic (exact) mass is 498 g/mol. The van der Waals surface area contributed by atoms with Crippen molar-refractivity contribution in [2.75, 3.05) is 25.5 Å². The van der Waals surface area contributed by atoms with Gasteiger partial charge in [0.2, 0.25) is 0 Å². The predicted molar refractivity (Wildman–Crippen MR) is 130 cm³/mol. The number of amides is 1. The average Bonchev–Trinajstić information content (AvgIpc) is 2.87. The molecule has 3 aromatic carbocycles. The van der Waals surface area contributed by atoms with E-state index in [0.29, 0.717) is 17.2 Å². The summed E-state index contributed by atoms with van der Waals surface area (Å²) < 4.78 is 43.3. The molecule has 0 aliphatic carbocycles. The third-order valence-corrected chi connectivity index (χ3v) is 6.42. The first-order valence-electron chi connectivity index (χ1n) is 10.6. The standard InChI is InChI=1S/C25H26N2O7S/c1-17(22-9-4-5-10-23(22)33-3)26-24(28)16-34-25(29)18-7-6-8-21(15-18)35(30,31)27-19-11-13-20(32-2)14-12-19/h4-15,17,27H,16H2,1-3H3,(H,26,28). The second kappa shape index (κ2) is 11.4. The minimum absolute atomic E-state index is 0.00631. The molecule has 35 heavy (non-hydrogen) atoms. The molecule has 3 aromatic rings. The zero-order valence-electron chi connectivity index (χ0n) is 19.5. The second-order valence-corrected chi connectivity index (χ2v) is 9.15. The summed E-state index contributed by atoms with van der Waals surface area (Å²) in [5.41, 5.74) is 1.10. The summed E-state index contributed by atoms with van der Waals surface area (Å²) in [7, 11) is -0.917. The Morgan fingerprint density at radius 3 is 2.31 bits per heavy atom. The van der Waals surface area contributed by atoms with Crippen LogP contribution in [0.5, 0.6) is 11.5 Å². The molecular weight excluding hydrogens is 472 g/mol. The normalized spacial score (nSPS) is 11.7. The van der Waals surface area contributed by atoms with Gasteiger partial charge in [0, 0.05) is 11.3 Å². The van der Waals surface area contributed by atoms with Gasteiger partial charge in [0.15, 0.2) is 6.61 Å². The van der Waals surface area contributed by atoms with Crippen LogP contribution in [0.15, 0.2) is 77.7 Å². The van der Waals surface area contributed by atoms with Crippen molar-refractivity contribution in [3.8, 4) is 11.5 Å². The first-order chi connectivity index (χ1) is 16.7. The quantitative estimate of drug-likeness (QED) is 0.410. The minimum Gasteiger partial charge on any atom is -0.497 e. The van der Waals surface area contributed by atoms with Gasteiger partial charge < -0.3 is 19.5 Å². The number of benzene rings is 3. The topological polar surface area (TPSA) is 120 Å². The third-order valence-electron chi connectivity index (χ3n) is 5.04. The maximum absolute atomic E-state index is 12.7. The van der Waals surface area contributed by atoms with Gasteiger partial charge in [-0.2, -0.15) is 0 Å². The molecule has 0 bridgehead atoms. The molecule has 0 spiro atoms. The number of para-hydroxylation sites is 1. The summed E-state index contributed by atoms with van der Waals surface area (Å²) in [6.07, 6.45) is 0. The molecule has 2 N–H and O–H groups in total. The van der Waals surface area contributed by atoms with Crippen molar-refractivity contribution in [1.82, 2.24) is 5.32 Å². The number of hydrogen-bond donors (Lipinski definition) is 2. The van der Waals surface area contributed by atoms with Crippen molar-refractivity contribution in [2.45, 2.75) is 17.9 Å². The zero-order valence-corrected chi connectivity index (χ0v) is 20.3. The average molecular weight is 499 g/mol. The molecule has 3 rings (SSSR count). The van der Waals surface area contributed by atoms with Gasteiger partial charge in [-0.3, -0.25) is 9.52 Å². The van der Waals surface area contributed by atoms with Crippen LogP contribution in [-0.2, 0) is 19.6 Å². The van der Waals surface area contributed by atoms with E-state index in [0.717, 1.165) is 5.56 Å². The third kappa shape index (κ3) is 6.73. The molecule has 0 radical (unpaired) electrons. The Kier molecular flexibility index (Phi) is 8.32. The smallest absolute Gasteiger partial charge is 0.338 e. The van der Waals surface area contributed by atoms with Crippen LogP contribution in [0.3, 0.4) is 0 Å². The van der Waals surface area contributed by atoms with Crippen LogP contribution in [0.4, 0.5) is 5.69 Å². The highest BCUT2D eigenvalue weighted by atomic mass is 32.2. The number of methoxy groups -OCH3 is 2. The van der Waals surface area contributed by atoms with Crippen LogP contribution in [0, 0.1) is 0 Å². The summed E-state index contributed by atoms with van der Waals surface area (Å²) in [6, 6.07) is 18.6. The minimum atomic E-state index is -3.96. The van der Waals surface area contributed by atoms with E-state index in [1.807, 2.05) is 18.2 Å². The fourth-order valence-electron chi connectivity index (χ4n) is 3.26. The van der Waals surface area contributed by atoms with Crippen molar-refractivity contribution >= 4 is 27.6 Å². The number of rotatable bonds is 10. The highest BCUT2D eigenvalue weighted by Gasteiger charge is 2.19. The van der Waals surface area contributed by atoms with Crippen LogP contribution in [-0.4, -0.2) is 41.1 Å². The molecule has 0 heterocycles. The Bertz CT molecular complexity index is 1290. The van der Waals surface area contributed by atoms with Gasteiger partial charge in [-0.05, 0) is 55.5 Å². The molecule has 0 aromatic heterocycles. The number of esters is 1. The molecule has 1 atom stereocenters. The van der Waals surface area contributed by atoms with E-state index in [9.17, 15) is 18.0 Å². The lowest BCUT2D eigenvalue weighted by molar-refractivity contribution is -0.124. The summed E-state index contributed by atoms with van der Waals surface area (Å²) in [6.45, 7) is 1.25. The van der Waals surface area contributed by atoms with Crippen molar-refractivity contribution in [1.29, 1.82) is 0 Å². The van der Waals surface area contributed by atoms with Crippen molar-refractivity contribution in [2.24, 2.45) is 0 Å². The number of sulfonamides is 1. The lowest BCUT2D eigenvalue weighted by Crippen LogP contribution is -2.31. The van der Waals surface area contributed by atoms with E-state index in [2.05, 4.69) is 10.0 Å². The van der Waals surface area contributed by atoms with Crippen molar-refractivity contribution < 1.29 is 32.2 Å². The summed E-state index contributed by atoms with van der Waals surface area (Å²) in [4.78, 5) is 24.6. The zero-order chi connectivity index (χ0) is 25.4. The SMILES string of the molecule is COc1ccc(NS(=O)(=O)c2cccc(C(=O)OCC(=O)NC(C)c3ccccc3OC)c2)cc1. The number of nitrogens with one attached hydrogen (secondary N) is 2. The van der Waals surface area contributed by atoms with Crippen molar-refractivity contribution in [3.05, 3.63) is 83.9 Å². The predicted octanol–water partition coefficient (Wildman–Crippen LogP) is 3.54. The fraction of sp³-hybridized carbons (Fsp3) is 0.200. The molecule has 0 saturated carbocycles. The van der Waals surface area contributed by atoms with Gasteiger partial charge >= 0.3 is 5.97 Å². The lowest BCUT2D eigenvalue weighted by Gasteiger charge is -2.17. The van der Waals surface area contributed by atoms with E-state index in [1.165, 1.54) is 38.5 Å². The van der Waals surface area contributed by atoms with Crippen LogP contribution in [0.1, 0.15) is 28.9 Å². The van der Waals surface area contributed by atoms with E-state index < -0.39 is 28.5 Å². The van der Waals surface area contributed by atoms with Gasteiger partial charge in [0.1, 0.15) is 11.5 Å². The van der Waals surface area contributed by atoms with Crippen LogP contribution in [0.2, 0.25) is 0 Å². The van der Waals surface area contributed by atoms with Gasteiger partial charge in [0.05, 0.1) is 30.7 Å². The summed E-state index contributed by atoms with van der Waals surface area (Å²) >= 11 is 0. The van der Waals surface area contributed by atoms with Crippen LogP contribution >= 0.6 is 0 Å². The Morgan fingerprint density at radius 1 is 0.914 bits per heavy atom. The molecule has 0 aliphatic rings. The first kappa shape index (κ1) is 25.6. The van der Waals surface area contributed by atoms with E-state index in [-0.39, 0.29) is 16.5 Å². The number of hydrogen-bond acceptors (Lipinski definition) is 7. The van der Waals surface area contributed by atoms with Crippen LogP contribution < -0.4 is 19.5 Å². The molecule has 0 aliphatic heterocycles. The number of anilines is 1. The maximum Gasteiger partial charge on any atom is 0.338 e. The van der Waals surface area contributed by atoms with E-state index in [1.54, 1.807) is 37.3 Å². The van der Waals surface area contributed by atoms with Crippen molar-refractivity contribution in [3.63, 3.8) is 0 Å². The lowest BCUT2D eigenvalue weighted by atomic mass is 10.1. The highest BCUT2D eigenvalue weighted by molar-refractivity contribution is 7.92. The molecule has 184 valence electrons. The fourth-order valence-corrected chi connectivity index (χ4v) is 4.37. The molecule has 0 fully saturated rings. The highest BCUT2D eigenvalue weighted by Crippen LogP contribution is 2.24. The van der Waals surface area contributed by atoms with Crippen LogP contribution in [0.25, 0.3) is 0 Å². The molecule has 10 heteroatoms.